The molecule has 0 aliphatic rings. The van der Waals surface area contributed by atoms with Crippen LogP contribution in [0.3, 0.4) is 0 Å². The van der Waals surface area contributed by atoms with Gasteiger partial charge in [-0.3, -0.25) is 4.79 Å². The van der Waals surface area contributed by atoms with Crippen molar-refractivity contribution < 1.29 is 17.9 Å². The molecule has 0 aliphatic heterocycles. The first-order chi connectivity index (χ1) is 6.92. The Morgan fingerprint density at radius 3 is 2.67 bits per heavy atom. The molecule has 1 rings (SSSR count). The minimum atomic E-state index is -3.78. The lowest BCUT2D eigenvalue weighted by atomic mass is 10.1. The second kappa shape index (κ2) is 4.41. The Morgan fingerprint density at radius 2 is 2.13 bits per heavy atom. The molecular formula is C9H11NO4S. The van der Waals surface area contributed by atoms with E-state index in [1.165, 1.54) is 19.2 Å². The molecule has 2 N–H and O–H groups in total. The zero-order valence-electron chi connectivity index (χ0n) is 8.14. The number of ketones is 1. The Kier molecular flexibility index (Phi) is 3.43. The zero-order chi connectivity index (χ0) is 11.5. The highest BCUT2D eigenvalue weighted by Crippen LogP contribution is 2.13. The van der Waals surface area contributed by atoms with Crippen LogP contribution in [0, 0.1) is 0 Å². The van der Waals surface area contributed by atoms with Gasteiger partial charge in [0.05, 0.1) is 7.11 Å². The van der Waals surface area contributed by atoms with Crippen molar-refractivity contribution in [3.05, 3.63) is 29.8 Å². The van der Waals surface area contributed by atoms with E-state index < -0.39 is 21.6 Å². The van der Waals surface area contributed by atoms with Crippen LogP contribution in [0.4, 0.5) is 0 Å². The fourth-order valence-corrected chi connectivity index (χ4v) is 1.59. The largest absolute Gasteiger partial charge is 0.497 e. The Bertz CT molecular complexity index is 467. The molecule has 0 amide bonds. The number of ether oxygens (including phenoxy) is 1. The topological polar surface area (TPSA) is 86.5 Å². The van der Waals surface area contributed by atoms with Crippen molar-refractivity contribution in [2.75, 3.05) is 12.9 Å². The number of carbonyl (C=O) groups excluding carboxylic acids is 1. The predicted molar refractivity (Wildman–Crippen MR) is 55.3 cm³/mol. The van der Waals surface area contributed by atoms with E-state index in [4.69, 9.17) is 9.88 Å². The molecule has 0 unspecified atom stereocenters. The molecule has 0 heterocycles. The van der Waals surface area contributed by atoms with Crippen molar-refractivity contribution in [3.63, 3.8) is 0 Å². The molecule has 6 heteroatoms. The Hall–Kier alpha value is -1.40. The summed E-state index contributed by atoms with van der Waals surface area (Å²) in [5.41, 5.74) is 0.267. The van der Waals surface area contributed by atoms with Crippen molar-refractivity contribution in [2.45, 2.75) is 0 Å². The SMILES string of the molecule is COc1cccc(C(=O)CS(N)(=O)=O)c1. The third-order valence-corrected chi connectivity index (χ3v) is 2.39. The van der Waals surface area contributed by atoms with Gasteiger partial charge in [0.2, 0.25) is 10.0 Å². The molecule has 15 heavy (non-hydrogen) atoms. The molecular weight excluding hydrogens is 218 g/mol. The third-order valence-electron chi connectivity index (χ3n) is 1.72. The lowest BCUT2D eigenvalue weighted by Gasteiger charge is -2.02. The summed E-state index contributed by atoms with van der Waals surface area (Å²) in [6.45, 7) is 0. The molecule has 1 aromatic rings. The van der Waals surface area contributed by atoms with Gasteiger partial charge in [-0.15, -0.1) is 0 Å². The lowest BCUT2D eigenvalue weighted by Crippen LogP contribution is -2.23. The van der Waals surface area contributed by atoms with Gasteiger partial charge in [-0.1, -0.05) is 12.1 Å². The van der Waals surface area contributed by atoms with Crippen molar-refractivity contribution in [1.29, 1.82) is 0 Å². The molecule has 0 fully saturated rings. The van der Waals surface area contributed by atoms with Crippen LogP contribution in [0.15, 0.2) is 24.3 Å². The molecule has 0 aliphatic carbocycles. The molecule has 1 aromatic carbocycles. The van der Waals surface area contributed by atoms with E-state index in [9.17, 15) is 13.2 Å². The molecule has 0 saturated carbocycles. The number of sulfonamides is 1. The van der Waals surface area contributed by atoms with E-state index in [2.05, 4.69) is 0 Å². The van der Waals surface area contributed by atoms with E-state index in [1.54, 1.807) is 12.1 Å². The van der Waals surface area contributed by atoms with Gasteiger partial charge in [-0.25, -0.2) is 13.6 Å². The van der Waals surface area contributed by atoms with E-state index in [0.29, 0.717) is 5.75 Å². The van der Waals surface area contributed by atoms with Crippen LogP contribution in [-0.4, -0.2) is 27.1 Å². The van der Waals surface area contributed by atoms with E-state index in [-0.39, 0.29) is 5.56 Å². The number of carbonyl (C=O) groups is 1. The second-order valence-corrected chi connectivity index (χ2v) is 4.58. The van der Waals surface area contributed by atoms with Gasteiger partial charge < -0.3 is 4.74 Å². The monoisotopic (exact) mass is 229 g/mol. The van der Waals surface area contributed by atoms with Crippen LogP contribution < -0.4 is 9.88 Å². The minimum Gasteiger partial charge on any atom is -0.497 e. The fourth-order valence-electron chi connectivity index (χ4n) is 1.06. The van der Waals surface area contributed by atoms with Crippen LogP contribution in [0.2, 0.25) is 0 Å². The maximum Gasteiger partial charge on any atom is 0.216 e. The molecule has 0 radical (unpaired) electrons. The highest BCUT2D eigenvalue weighted by Gasteiger charge is 2.13. The number of benzene rings is 1. The van der Waals surface area contributed by atoms with Crippen LogP contribution in [0.5, 0.6) is 5.75 Å². The summed E-state index contributed by atoms with van der Waals surface area (Å²) >= 11 is 0. The summed E-state index contributed by atoms with van der Waals surface area (Å²) in [4.78, 5) is 11.4. The lowest BCUT2D eigenvalue weighted by molar-refractivity contribution is 0.102. The summed E-state index contributed by atoms with van der Waals surface area (Å²) in [7, 11) is -2.32. The van der Waals surface area contributed by atoms with Crippen molar-refractivity contribution in [1.82, 2.24) is 0 Å². The highest BCUT2D eigenvalue weighted by atomic mass is 32.2. The van der Waals surface area contributed by atoms with Crippen LogP contribution in [0.25, 0.3) is 0 Å². The number of rotatable bonds is 4. The molecule has 0 bridgehead atoms. The first-order valence-electron chi connectivity index (χ1n) is 4.10. The standard InChI is InChI=1S/C9H11NO4S/c1-14-8-4-2-3-7(5-8)9(11)6-15(10,12)13/h2-5H,6H2,1H3,(H2,10,12,13). The smallest absolute Gasteiger partial charge is 0.216 e. The number of hydrogen-bond donors (Lipinski definition) is 1. The summed E-state index contributed by atoms with van der Waals surface area (Å²) in [6, 6.07) is 6.24. The highest BCUT2D eigenvalue weighted by molar-refractivity contribution is 7.89. The maximum absolute atomic E-state index is 11.4. The first kappa shape index (κ1) is 11.7. The normalized spacial score (nSPS) is 11.1. The molecule has 0 saturated heterocycles. The third kappa shape index (κ3) is 3.69. The predicted octanol–water partition coefficient (Wildman–Crippen LogP) is 0.166. The Labute approximate surface area is 87.9 Å². The summed E-state index contributed by atoms with van der Waals surface area (Å²) in [5.74, 6) is -0.744. The van der Waals surface area contributed by atoms with Crippen molar-refractivity contribution in [2.24, 2.45) is 5.14 Å². The van der Waals surface area contributed by atoms with E-state index in [1.807, 2.05) is 0 Å². The van der Waals surface area contributed by atoms with Gasteiger partial charge >= 0.3 is 0 Å². The van der Waals surface area contributed by atoms with Crippen molar-refractivity contribution >= 4 is 15.8 Å². The van der Waals surface area contributed by atoms with Gasteiger partial charge in [-0.05, 0) is 12.1 Å². The average Bonchev–Trinajstić information content (AvgIpc) is 2.15. The number of nitrogens with two attached hydrogens (primary N) is 1. The zero-order valence-corrected chi connectivity index (χ0v) is 8.95. The van der Waals surface area contributed by atoms with Crippen LogP contribution >= 0.6 is 0 Å². The molecule has 0 spiro atoms. The van der Waals surface area contributed by atoms with Gasteiger partial charge in [0.25, 0.3) is 0 Å². The number of Topliss-reactive ketones (excluding diaryl/α,β-unsaturated/α-hetero) is 1. The number of methoxy groups -OCH3 is 1. The molecule has 0 aromatic heterocycles. The number of primary sulfonamides is 1. The summed E-state index contributed by atoms with van der Waals surface area (Å²) < 4.78 is 26.3. The van der Waals surface area contributed by atoms with Gasteiger partial charge in [0.1, 0.15) is 11.5 Å². The molecule has 82 valence electrons. The quantitative estimate of drug-likeness (QED) is 0.745. The van der Waals surface area contributed by atoms with Crippen LogP contribution in [0.1, 0.15) is 10.4 Å². The molecule has 5 nitrogen and oxygen atoms in total. The molecule has 0 atom stereocenters. The average molecular weight is 229 g/mol. The van der Waals surface area contributed by atoms with Crippen LogP contribution in [-0.2, 0) is 10.0 Å². The second-order valence-electron chi connectivity index (χ2n) is 2.96. The Morgan fingerprint density at radius 1 is 1.47 bits per heavy atom. The maximum atomic E-state index is 11.4. The summed E-state index contributed by atoms with van der Waals surface area (Å²) in [5, 5.41) is 4.76. The minimum absolute atomic E-state index is 0.267. The number of hydrogen-bond acceptors (Lipinski definition) is 4. The Balaban J connectivity index is 2.92. The van der Waals surface area contributed by atoms with E-state index >= 15 is 0 Å². The fraction of sp³-hybridized carbons (Fsp3) is 0.222. The first-order valence-corrected chi connectivity index (χ1v) is 5.81. The van der Waals surface area contributed by atoms with Gasteiger partial charge in [-0.2, -0.15) is 0 Å². The van der Waals surface area contributed by atoms with Crippen molar-refractivity contribution in [3.8, 4) is 5.75 Å². The van der Waals surface area contributed by atoms with Gasteiger partial charge in [0, 0.05) is 5.56 Å². The van der Waals surface area contributed by atoms with E-state index in [0.717, 1.165) is 0 Å². The van der Waals surface area contributed by atoms with Gasteiger partial charge in [0.15, 0.2) is 5.78 Å². The summed E-state index contributed by atoms with van der Waals surface area (Å²) in [6.07, 6.45) is 0.